The van der Waals surface area contributed by atoms with Crippen molar-refractivity contribution >= 4 is 0 Å². The van der Waals surface area contributed by atoms with Crippen molar-refractivity contribution in [2.24, 2.45) is 11.8 Å². The van der Waals surface area contributed by atoms with Gasteiger partial charge in [0.1, 0.15) is 0 Å². The molecular weight excluding hydrogens is 208 g/mol. The molecule has 17 heavy (non-hydrogen) atoms. The maximum Gasteiger partial charge on any atom is 0.0123 e. The van der Waals surface area contributed by atoms with Gasteiger partial charge in [0.15, 0.2) is 0 Å². The van der Waals surface area contributed by atoms with Crippen molar-refractivity contribution in [3.8, 4) is 0 Å². The fourth-order valence-electron chi connectivity index (χ4n) is 4.21. The lowest BCUT2D eigenvalue weighted by Gasteiger charge is -2.36. The number of rotatable bonds is 3. The van der Waals surface area contributed by atoms with Crippen LogP contribution in [0.15, 0.2) is 0 Å². The highest BCUT2D eigenvalue weighted by molar-refractivity contribution is 4.92. The molecule has 2 aliphatic heterocycles. The van der Waals surface area contributed by atoms with E-state index >= 15 is 0 Å². The lowest BCUT2D eigenvalue weighted by Crippen LogP contribution is -2.48. The van der Waals surface area contributed by atoms with Gasteiger partial charge < -0.3 is 10.2 Å². The van der Waals surface area contributed by atoms with Crippen LogP contribution in [0.25, 0.3) is 0 Å². The number of hydrogen-bond donors (Lipinski definition) is 1. The van der Waals surface area contributed by atoms with Crippen molar-refractivity contribution < 1.29 is 0 Å². The second-order valence-corrected chi connectivity index (χ2v) is 6.54. The predicted molar refractivity (Wildman–Crippen MR) is 72.1 cm³/mol. The molecule has 0 aromatic carbocycles. The van der Waals surface area contributed by atoms with Gasteiger partial charge >= 0.3 is 0 Å². The van der Waals surface area contributed by atoms with Crippen LogP contribution in [0.2, 0.25) is 0 Å². The first-order chi connectivity index (χ1) is 8.35. The van der Waals surface area contributed by atoms with Crippen molar-refractivity contribution in [2.45, 2.75) is 64.0 Å². The Morgan fingerprint density at radius 1 is 1.00 bits per heavy atom. The van der Waals surface area contributed by atoms with Gasteiger partial charge in [0.05, 0.1) is 0 Å². The lowest BCUT2D eigenvalue weighted by atomic mass is 9.83. The molecule has 0 radical (unpaired) electrons. The van der Waals surface area contributed by atoms with Crippen LogP contribution in [0.1, 0.15) is 51.9 Å². The van der Waals surface area contributed by atoms with Crippen LogP contribution in [0.3, 0.4) is 0 Å². The Balaban J connectivity index is 1.47. The van der Waals surface area contributed by atoms with Gasteiger partial charge in [-0.3, -0.25) is 0 Å². The standard InChI is InChI=1S/C15H28N2/c1-2-12-3-5-14(6-4-12)16-15-8-10-17-9-7-13(15)11-17/h12-16H,2-11H2,1H3. The average Bonchev–Trinajstić information content (AvgIpc) is 2.77. The summed E-state index contributed by atoms with van der Waals surface area (Å²) in [4.78, 5) is 2.65. The van der Waals surface area contributed by atoms with E-state index < -0.39 is 0 Å². The Morgan fingerprint density at radius 2 is 1.76 bits per heavy atom. The van der Waals surface area contributed by atoms with Crippen molar-refractivity contribution in [3.63, 3.8) is 0 Å². The maximum absolute atomic E-state index is 4.00. The Morgan fingerprint density at radius 3 is 2.53 bits per heavy atom. The average molecular weight is 236 g/mol. The van der Waals surface area contributed by atoms with Crippen LogP contribution in [0, 0.1) is 11.8 Å². The Bertz CT molecular complexity index is 245. The third kappa shape index (κ3) is 2.68. The molecule has 98 valence electrons. The van der Waals surface area contributed by atoms with Crippen LogP contribution in [-0.4, -0.2) is 36.6 Å². The van der Waals surface area contributed by atoms with Gasteiger partial charge in [-0.05, 0) is 63.5 Å². The molecule has 2 bridgehead atoms. The number of hydrogen-bond acceptors (Lipinski definition) is 2. The molecule has 0 aromatic rings. The third-order valence-corrected chi connectivity index (χ3v) is 5.51. The SMILES string of the molecule is CCC1CCC(NC2CCN3CCC2C3)CC1. The van der Waals surface area contributed by atoms with Crippen LogP contribution < -0.4 is 5.32 Å². The minimum absolute atomic E-state index is 0.843. The molecule has 2 heterocycles. The molecule has 2 heteroatoms. The summed E-state index contributed by atoms with van der Waals surface area (Å²) in [5, 5.41) is 4.00. The van der Waals surface area contributed by atoms with Gasteiger partial charge in [-0.1, -0.05) is 13.3 Å². The summed E-state index contributed by atoms with van der Waals surface area (Å²) in [7, 11) is 0. The molecule has 3 fully saturated rings. The van der Waals surface area contributed by atoms with E-state index in [0.717, 1.165) is 23.9 Å². The number of piperidine rings is 1. The summed E-state index contributed by atoms with van der Waals surface area (Å²) in [6.45, 7) is 6.44. The second-order valence-electron chi connectivity index (χ2n) is 6.54. The molecular formula is C15H28N2. The van der Waals surface area contributed by atoms with Crippen molar-refractivity contribution in [1.29, 1.82) is 0 Å². The molecule has 0 spiro atoms. The van der Waals surface area contributed by atoms with E-state index in [1.165, 1.54) is 64.6 Å². The number of nitrogens with zero attached hydrogens (tertiary/aromatic N) is 1. The van der Waals surface area contributed by atoms with Crippen molar-refractivity contribution in [3.05, 3.63) is 0 Å². The molecule has 1 aliphatic carbocycles. The van der Waals surface area contributed by atoms with E-state index in [-0.39, 0.29) is 0 Å². The summed E-state index contributed by atoms with van der Waals surface area (Å²) >= 11 is 0. The monoisotopic (exact) mass is 236 g/mol. The smallest absolute Gasteiger partial charge is 0.0123 e. The van der Waals surface area contributed by atoms with Crippen LogP contribution >= 0.6 is 0 Å². The Kier molecular flexibility index (Phi) is 3.72. The van der Waals surface area contributed by atoms with E-state index in [2.05, 4.69) is 17.1 Å². The van der Waals surface area contributed by atoms with Gasteiger partial charge in [0, 0.05) is 18.6 Å². The Hall–Kier alpha value is -0.0800. The lowest BCUT2D eigenvalue weighted by molar-refractivity contribution is 0.188. The molecule has 0 aromatic heterocycles. The Labute approximate surface area is 106 Å². The third-order valence-electron chi connectivity index (χ3n) is 5.51. The molecule has 1 N–H and O–H groups in total. The quantitative estimate of drug-likeness (QED) is 0.810. The largest absolute Gasteiger partial charge is 0.311 e. The van der Waals surface area contributed by atoms with Crippen molar-refractivity contribution in [1.82, 2.24) is 10.2 Å². The highest BCUT2D eigenvalue weighted by Gasteiger charge is 2.35. The summed E-state index contributed by atoms with van der Waals surface area (Å²) in [6, 6.07) is 1.69. The van der Waals surface area contributed by atoms with Crippen LogP contribution in [0.5, 0.6) is 0 Å². The van der Waals surface area contributed by atoms with E-state index in [1.54, 1.807) is 0 Å². The molecule has 1 saturated carbocycles. The summed E-state index contributed by atoms with van der Waals surface area (Å²) < 4.78 is 0. The highest BCUT2D eigenvalue weighted by atomic mass is 15.2. The molecule has 3 rings (SSSR count). The van der Waals surface area contributed by atoms with Gasteiger partial charge in [0.2, 0.25) is 0 Å². The van der Waals surface area contributed by atoms with Gasteiger partial charge in [0.25, 0.3) is 0 Å². The number of fused-ring (bicyclic) bond motifs is 2. The van der Waals surface area contributed by atoms with E-state index in [9.17, 15) is 0 Å². The first kappa shape index (κ1) is 12.0. The highest BCUT2D eigenvalue weighted by Crippen LogP contribution is 2.31. The van der Waals surface area contributed by atoms with Crippen molar-refractivity contribution in [2.75, 3.05) is 19.6 Å². The second kappa shape index (κ2) is 5.27. The molecule has 2 saturated heterocycles. The molecule has 3 atom stereocenters. The van der Waals surface area contributed by atoms with E-state index in [1.807, 2.05) is 0 Å². The number of nitrogens with one attached hydrogen (secondary N) is 1. The molecule has 2 nitrogen and oxygen atoms in total. The first-order valence-corrected chi connectivity index (χ1v) is 7.83. The van der Waals surface area contributed by atoms with E-state index in [0.29, 0.717) is 0 Å². The minimum atomic E-state index is 0.843. The zero-order valence-corrected chi connectivity index (χ0v) is 11.3. The van der Waals surface area contributed by atoms with Crippen LogP contribution in [-0.2, 0) is 0 Å². The topological polar surface area (TPSA) is 15.3 Å². The fraction of sp³-hybridized carbons (Fsp3) is 1.00. The molecule has 3 unspecified atom stereocenters. The molecule has 3 aliphatic rings. The fourth-order valence-corrected chi connectivity index (χ4v) is 4.21. The first-order valence-electron chi connectivity index (χ1n) is 7.83. The maximum atomic E-state index is 4.00. The predicted octanol–water partition coefficient (Wildman–Crippen LogP) is 2.64. The van der Waals surface area contributed by atoms with Gasteiger partial charge in [-0.25, -0.2) is 0 Å². The van der Waals surface area contributed by atoms with E-state index in [4.69, 9.17) is 0 Å². The van der Waals surface area contributed by atoms with Gasteiger partial charge in [-0.2, -0.15) is 0 Å². The minimum Gasteiger partial charge on any atom is -0.311 e. The molecule has 0 amide bonds. The summed E-state index contributed by atoms with van der Waals surface area (Å²) in [5.74, 6) is 1.99. The zero-order valence-electron chi connectivity index (χ0n) is 11.3. The van der Waals surface area contributed by atoms with Gasteiger partial charge in [-0.15, -0.1) is 0 Å². The van der Waals surface area contributed by atoms with Crippen LogP contribution in [0.4, 0.5) is 0 Å². The summed E-state index contributed by atoms with van der Waals surface area (Å²) in [5.41, 5.74) is 0. The normalized spacial score (nSPS) is 46.1. The summed E-state index contributed by atoms with van der Waals surface area (Å²) in [6.07, 6.45) is 10.1. The zero-order chi connectivity index (χ0) is 11.7.